The van der Waals surface area contributed by atoms with Crippen molar-refractivity contribution < 1.29 is 34.2 Å². The molecule has 0 radical (unpaired) electrons. The molecule has 0 aliphatic carbocycles. The van der Waals surface area contributed by atoms with E-state index < -0.39 is 66.1 Å². The molecule has 0 bridgehead atoms. The summed E-state index contributed by atoms with van der Waals surface area (Å²) in [5, 5.41) is 26.3. The summed E-state index contributed by atoms with van der Waals surface area (Å²) < 4.78 is 0. The molecule has 222 valence electrons. The summed E-state index contributed by atoms with van der Waals surface area (Å²) in [6.07, 6.45) is 0.242. The summed E-state index contributed by atoms with van der Waals surface area (Å²) in [7, 11) is 0. The van der Waals surface area contributed by atoms with Crippen LogP contribution in [0.25, 0.3) is 0 Å². The van der Waals surface area contributed by atoms with E-state index in [1.807, 2.05) is 0 Å². The Bertz CT molecular complexity index is 1060. The minimum atomic E-state index is -1.44. The number of aliphatic carboxylic acids is 1. The van der Waals surface area contributed by atoms with Crippen LogP contribution in [0.3, 0.4) is 0 Å². The molecule has 0 aromatic heterocycles. The minimum Gasteiger partial charge on any atom is -0.508 e. The molecule has 0 aliphatic heterocycles. The highest BCUT2D eigenvalue weighted by molar-refractivity contribution is 5.96. The van der Waals surface area contributed by atoms with Crippen molar-refractivity contribution >= 4 is 35.6 Å². The number of aliphatic imine (C=N–C) groups is 1. The molecule has 5 unspecified atom stereocenters. The zero-order valence-corrected chi connectivity index (χ0v) is 22.6. The van der Waals surface area contributed by atoms with Gasteiger partial charge in [0.15, 0.2) is 5.96 Å². The van der Waals surface area contributed by atoms with Crippen molar-refractivity contribution in [1.29, 1.82) is 0 Å². The number of nitrogens with two attached hydrogens (primary N) is 4. The van der Waals surface area contributed by atoms with Gasteiger partial charge >= 0.3 is 5.97 Å². The number of carbonyl (C=O) groups is 5. The molecule has 0 saturated heterocycles. The fraction of sp³-hybridized carbons (Fsp3) is 0.520. The summed E-state index contributed by atoms with van der Waals surface area (Å²) in [4.78, 5) is 66.0. The maximum absolute atomic E-state index is 13.1. The van der Waals surface area contributed by atoms with Crippen molar-refractivity contribution in [2.45, 2.75) is 70.1 Å². The lowest BCUT2D eigenvalue weighted by atomic mass is 9.97. The number of carboxylic acids is 1. The number of primary amides is 1. The van der Waals surface area contributed by atoms with Crippen LogP contribution in [0.5, 0.6) is 5.75 Å². The molecular weight excluding hydrogens is 524 g/mol. The predicted octanol–water partition coefficient (Wildman–Crippen LogP) is -2.22. The number of phenolic OH excluding ortho intramolecular Hbond substituents is 1. The van der Waals surface area contributed by atoms with Crippen LogP contribution in [0, 0.1) is 5.92 Å². The van der Waals surface area contributed by atoms with E-state index in [1.54, 1.807) is 26.0 Å². The number of guanidine groups is 1. The number of carbonyl (C=O) groups excluding carboxylic acids is 4. The minimum absolute atomic E-state index is 0.0261. The topological polar surface area (TPSA) is 278 Å². The highest BCUT2D eigenvalue weighted by Gasteiger charge is 2.33. The molecule has 40 heavy (non-hydrogen) atoms. The predicted molar refractivity (Wildman–Crippen MR) is 146 cm³/mol. The summed E-state index contributed by atoms with van der Waals surface area (Å²) in [6, 6.07) is 1.03. The number of hydrogen-bond donors (Lipinski definition) is 9. The standard InChI is InChI=1S/C25H40N8O7/c1-3-13(2)20(23(38)31-17(24(39)40)5-4-10-30-25(28)29)33-22(37)18(12-19(27)35)32-21(36)16(26)11-14-6-8-15(34)9-7-14/h6-9,13,16-18,20,34H,3-5,10-12,26H2,1-2H3,(H2,27,35)(H,31,38)(H,32,36)(H,33,37)(H,39,40)(H4,28,29,30). The van der Waals surface area contributed by atoms with Gasteiger partial charge in [-0.05, 0) is 42.9 Å². The average Bonchev–Trinajstić information content (AvgIpc) is 2.88. The van der Waals surface area contributed by atoms with Gasteiger partial charge in [-0.3, -0.25) is 24.2 Å². The van der Waals surface area contributed by atoms with E-state index in [1.165, 1.54) is 12.1 Å². The van der Waals surface area contributed by atoms with Gasteiger partial charge in [-0.2, -0.15) is 0 Å². The number of rotatable bonds is 17. The van der Waals surface area contributed by atoms with Crippen LogP contribution in [0.2, 0.25) is 0 Å². The largest absolute Gasteiger partial charge is 0.508 e. The second kappa shape index (κ2) is 16.5. The van der Waals surface area contributed by atoms with Crippen molar-refractivity contribution in [3.8, 4) is 5.75 Å². The third-order valence-electron chi connectivity index (χ3n) is 6.12. The van der Waals surface area contributed by atoms with Gasteiger partial charge in [-0.25, -0.2) is 4.79 Å². The summed E-state index contributed by atoms with van der Waals surface area (Å²) in [6.45, 7) is 3.61. The first-order chi connectivity index (χ1) is 18.7. The van der Waals surface area contributed by atoms with Crippen molar-refractivity contribution in [2.24, 2.45) is 33.8 Å². The Morgan fingerprint density at radius 3 is 2.05 bits per heavy atom. The fourth-order valence-electron chi connectivity index (χ4n) is 3.65. The first kappa shape index (κ1) is 33.6. The van der Waals surface area contributed by atoms with Crippen LogP contribution >= 0.6 is 0 Å². The number of carboxylic acid groups (broad SMARTS) is 1. The Kier molecular flexibility index (Phi) is 13.9. The second-order valence-electron chi connectivity index (χ2n) is 9.43. The number of amides is 4. The summed E-state index contributed by atoms with van der Waals surface area (Å²) in [5.41, 5.74) is 22.4. The lowest BCUT2D eigenvalue weighted by Gasteiger charge is -2.28. The molecule has 0 saturated carbocycles. The van der Waals surface area contributed by atoms with Gasteiger partial charge in [0, 0.05) is 6.54 Å². The molecule has 15 heteroatoms. The van der Waals surface area contributed by atoms with E-state index in [0.29, 0.717) is 12.0 Å². The third-order valence-corrected chi connectivity index (χ3v) is 6.12. The molecule has 4 amide bonds. The third kappa shape index (κ3) is 12.0. The Labute approximate surface area is 232 Å². The Balaban J connectivity index is 2.97. The molecule has 0 spiro atoms. The zero-order chi connectivity index (χ0) is 30.4. The number of phenols is 1. The number of hydrogen-bond acceptors (Lipinski definition) is 8. The van der Waals surface area contributed by atoms with Crippen LogP contribution in [-0.2, 0) is 30.4 Å². The molecule has 13 N–H and O–H groups in total. The highest BCUT2D eigenvalue weighted by atomic mass is 16.4. The lowest BCUT2D eigenvalue weighted by molar-refractivity contribution is -0.143. The van der Waals surface area contributed by atoms with E-state index in [0.717, 1.165) is 0 Å². The molecule has 1 aromatic rings. The summed E-state index contributed by atoms with van der Waals surface area (Å²) >= 11 is 0. The van der Waals surface area contributed by atoms with Gasteiger partial charge in [0.05, 0.1) is 12.5 Å². The van der Waals surface area contributed by atoms with Gasteiger partial charge in [-0.1, -0.05) is 32.4 Å². The average molecular weight is 565 g/mol. The van der Waals surface area contributed by atoms with Gasteiger partial charge < -0.3 is 49.1 Å². The number of benzene rings is 1. The van der Waals surface area contributed by atoms with Crippen molar-refractivity contribution in [2.75, 3.05) is 6.54 Å². The van der Waals surface area contributed by atoms with E-state index >= 15 is 0 Å². The summed E-state index contributed by atoms with van der Waals surface area (Å²) in [5.74, 6) is -5.09. The Morgan fingerprint density at radius 1 is 0.925 bits per heavy atom. The van der Waals surface area contributed by atoms with Crippen molar-refractivity contribution in [3.63, 3.8) is 0 Å². The lowest BCUT2D eigenvalue weighted by Crippen LogP contribution is -2.59. The van der Waals surface area contributed by atoms with Crippen LogP contribution in [0.15, 0.2) is 29.3 Å². The van der Waals surface area contributed by atoms with Gasteiger partial charge in [-0.15, -0.1) is 0 Å². The molecule has 0 aliphatic rings. The van der Waals surface area contributed by atoms with Crippen LogP contribution < -0.4 is 38.9 Å². The smallest absolute Gasteiger partial charge is 0.326 e. The maximum Gasteiger partial charge on any atom is 0.326 e. The quantitative estimate of drug-likeness (QED) is 0.0558. The highest BCUT2D eigenvalue weighted by Crippen LogP contribution is 2.12. The molecule has 5 atom stereocenters. The van der Waals surface area contributed by atoms with Crippen molar-refractivity contribution in [3.05, 3.63) is 29.8 Å². The number of nitrogens with zero attached hydrogens (tertiary/aromatic N) is 1. The van der Waals surface area contributed by atoms with E-state index in [2.05, 4.69) is 20.9 Å². The van der Waals surface area contributed by atoms with Gasteiger partial charge in [0.25, 0.3) is 0 Å². The van der Waals surface area contributed by atoms with E-state index in [-0.39, 0.29) is 37.5 Å². The first-order valence-corrected chi connectivity index (χ1v) is 12.8. The normalized spacial score (nSPS) is 14.5. The molecule has 0 heterocycles. The first-order valence-electron chi connectivity index (χ1n) is 12.8. The monoisotopic (exact) mass is 564 g/mol. The fourth-order valence-corrected chi connectivity index (χ4v) is 3.65. The molecule has 15 nitrogen and oxygen atoms in total. The van der Waals surface area contributed by atoms with Gasteiger partial charge in [0.1, 0.15) is 23.9 Å². The van der Waals surface area contributed by atoms with Crippen molar-refractivity contribution in [1.82, 2.24) is 16.0 Å². The van der Waals surface area contributed by atoms with E-state index in [4.69, 9.17) is 22.9 Å². The molecular formula is C25H40N8O7. The van der Waals surface area contributed by atoms with Crippen LogP contribution in [0.4, 0.5) is 0 Å². The van der Waals surface area contributed by atoms with Crippen LogP contribution in [-0.4, -0.2) is 76.5 Å². The SMILES string of the molecule is CCC(C)C(NC(=O)C(CC(N)=O)NC(=O)C(N)Cc1ccc(O)cc1)C(=O)NC(CCCN=C(N)N)C(=O)O. The van der Waals surface area contributed by atoms with E-state index in [9.17, 15) is 34.2 Å². The molecule has 1 rings (SSSR count). The zero-order valence-electron chi connectivity index (χ0n) is 22.6. The van der Waals surface area contributed by atoms with Gasteiger partial charge in [0.2, 0.25) is 23.6 Å². The number of nitrogens with one attached hydrogen (secondary N) is 3. The molecule has 1 aromatic carbocycles. The second-order valence-corrected chi connectivity index (χ2v) is 9.43. The number of aromatic hydroxyl groups is 1. The van der Waals surface area contributed by atoms with Crippen LogP contribution in [0.1, 0.15) is 45.1 Å². The Morgan fingerprint density at radius 2 is 1.52 bits per heavy atom. The molecule has 0 fully saturated rings. The Hall–Kier alpha value is -4.40. The maximum atomic E-state index is 13.1.